The van der Waals surface area contributed by atoms with Crippen molar-refractivity contribution in [2.24, 2.45) is 5.41 Å². The van der Waals surface area contributed by atoms with E-state index in [9.17, 15) is 14.7 Å². The molecule has 0 saturated heterocycles. The average Bonchev–Trinajstić information content (AvgIpc) is 3.15. The van der Waals surface area contributed by atoms with Gasteiger partial charge in [0.05, 0.1) is 6.61 Å². The number of carbonyl (C=O) groups excluding carboxylic acids is 1. The number of alkyl carbamates (subject to hydrolysis) is 1. The third-order valence-corrected chi connectivity index (χ3v) is 8.29. The lowest BCUT2D eigenvalue weighted by molar-refractivity contribution is -0.183. The molecule has 0 spiro atoms. The fraction of sp³-hybridized carbons (Fsp3) is 0.333. The van der Waals surface area contributed by atoms with E-state index in [-0.39, 0.29) is 17.9 Å². The summed E-state index contributed by atoms with van der Waals surface area (Å²) >= 11 is 0. The Labute approximate surface area is 210 Å². The summed E-state index contributed by atoms with van der Waals surface area (Å²) in [5.74, 6) is -0.223. The van der Waals surface area contributed by atoms with Crippen LogP contribution in [0.2, 0.25) is 0 Å². The third kappa shape index (κ3) is 3.39. The van der Waals surface area contributed by atoms with E-state index >= 15 is 0 Å². The highest BCUT2D eigenvalue weighted by molar-refractivity contribution is 5.82. The second-order valence-corrected chi connectivity index (χ2v) is 10.3. The van der Waals surface area contributed by atoms with Crippen molar-refractivity contribution in [2.45, 2.75) is 43.6 Å². The van der Waals surface area contributed by atoms with Crippen molar-refractivity contribution in [3.63, 3.8) is 0 Å². The molecule has 7 rings (SSSR count). The Bertz CT molecular complexity index is 1280. The predicted octanol–water partition coefficient (Wildman–Crippen LogP) is 5.50. The van der Waals surface area contributed by atoms with Crippen LogP contribution in [0.1, 0.15) is 48.8 Å². The zero-order chi connectivity index (χ0) is 24.9. The quantitative estimate of drug-likeness (QED) is 0.442. The van der Waals surface area contributed by atoms with E-state index in [4.69, 9.17) is 9.47 Å². The van der Waals surface area contributed by atoms with Crippen molar-refractivity contribution in [3.05, 3.63) is 89.5 Å². The van der Waals surface area contributed by atoms with Crippen molar-refractivity contribution in [2.75, 3.05) is 13.2 Å². The van der Waals surface area contributed by atoms with Crippen LogP contribution in [0, 0.1) is 5.41 Å². The summed E-state index contributed by atoms with van der Waals surface area (Å²) in [6.07, 6.45) is 1.46. The molecule has 1 atom stereocenters. The third-order valence-electron chi connectivity index (χ3n) is 8.29. The van der Waals surface area contributed by atoms with Crippen molar-refractivity contribution >= 4 is 12.1 Å². The summed E-state index contributed by atoms with van der Waals surface area (Å²) in [7, 11) is 0. The molecule has 0 aliphatic heterocycles. The highest BCUT2D eigenvalue weighted by Crippen LogP contribution is 2.75. The van der Waals surface area contributed by atoms with Crippen LogP contribution >= 0.6 is 0 Å². The van der Waals surface area contributed by atoms with Gasteiger partial charge in [-0.3, -0.25) is 0 Å². The van der Waals surface area contributed by atoms with Crippen LogP contribution in [0.4, 0.5) is 4.79 Å². The van der Waals surface area contributed by atoms with Crippen LogP contribution in [0.5, 0.6) is 5.75 Å². The minimum Gasteiger partial charge on any atom is -0.494 e. The summed E-state index contributed by atoms with van der Waals surface area (Å²) in [5, 5.41) is 12.7. The van der Waals surface area contributed by atoms with Crippen molar-refractivity contribution in [1.29, 1.82) is 0 Å². The lowest BCUT2D eigenvalue weighted by atomic mass is 9.31. The van der Waals surface area contributed by atoms with Gasteiger partial charge in [0.2, 0.25) is 0 Å². The highest BCUT2D eigenvalue weighted by Gasteiger charge is 2.73. The number of rotatable bonds is 8. The molecule has 4 aliphatic rings. The minimum absolute atomic E-state index is 0.0671. The van der Waals surface area contributed by atoms with Crippen LogP contribution in [0.15, 0.2) is 72.8 Å². The van der Waals surface area contributed by atoms with Crippen LogP contribution in [0.25, 0.3) is 11.1 Å². The Morgan fingerprint density at radius 3 is 2.14 bits per heavy atom. The maximum absolute atomic E-state index is 12.8. The fourth-order valence-electron chi connectivity index (χ4n) is 6.88. The maximum Gasteiger partial charge on any atom is 0.407 e. The zero-order valence-corrected chi connectivity index (χ0v) is 20.2. The number of aliphatic carboxylic acids is 1. The number of hydrogen-bond acceptors (Lipinski definition) is 4. The van der Waals surface area contributed by atoms with Gasteiger partial charge < -0.3 is 19.9 Å². The molecule has 2 bridgehead atoms. The molecule has 6 nitrogen and oxygen atoms in total. The Morgan fingerprint density at radius 1 is 0.944 bits per heavy atom. The lowest BCUT2D eigenvalue weighted by Gasteiger charge is -2.72. The van der Waals surface area contributed by atoms with Crippen molar-refractivity contribution < 1.29 is 24.2 Å². The molecule has 0 aromatic heterocycles. The number of ether oxygens (including phenoxy) is 2. The second kappa shape index (κ2) is 8.40. The molecular weight excluding hydrogens is 454 g/mol. The Balaban J connectivity index is 1.13. The smallest absolute Gasteiger partial charge is 0.407 e. The molecule has 1 amide bonds. The molecule has 0 heterocycles. The Morgan fingerprint density at radius 2 is 1.53 bits per heavy atom. The van der Waals surface area contributed by atoms with Gasteiger partial charge in [-0.05, 0) is 54.5 Å². The minimum atomic E-state index is -1.02. The first-order valence-corrected chi connectivity index (χ1v) is 12.5. The molecule has 3 fully saturated rings. The van der Waals surface area contributed by atoms with Gasteiger partial charge in [-0.2, -0.15) is 0 Å². The molecule has 3 aromatic rings. The number of nitrogens with one attached hydrogen (secondary N) is 1. The molecule has 3 aromatic carbocycles. The Kier molecular flexibility index (Phi) is 5.29. The van der Waals surface area contributed by atoms with Crippen molar-refractivity contribution in [3.8, 4) is 16.9 Å². The molecular formula is C30H29NO5. The number of fused-ring (bicyclic) bond motifs is 3. The molecule has 4 aliphatic carbocycles. The summed E-state index contributed by atoms with van der Waals surface area (Å²) in [6, 6.07) is 23.3. The van der Waals surface area contributed by atoms with Crippen molar-refractivity contribution in [1.82, 2.24) is 5.32 Å². The van der Waals surface area contributed by atoms with Crippen LogP contribution in [0.3, 0.4) is 0 Å². The van der Waals surface area contributed by atoms with Crippen LogP contribution in [-0.4, -0.2) is 36.4 Å². The number of carbonyl (C=O) groups is 2. The summed E-state index contributed by atoms with van der Waals surface area (Å²) in [5.41, 5.74) is 5.17. The van der Waals surface area contributed by atoms with Crippen LogP contribution < -0.4 is 10.1 Å². The van der Waals surface area contributed by atoms with E-state index in [1.165, 1.54) is 0 Å². The van der Waals surface area contributed by atoms with E-state index in [0.717, 1.165) is 33.6 Å². The first kappa shape index (κ1) is 22.7. The first-order chi connectivity index (χ1) is 17.5. The van der Waals surface area contributed by atoms with Gasteiger partial charge in [-0.1, -0.05) is 66.7 Å². The largest absolute Gasteiger partial charge is 0.494 e. The normalized spacial score (nSPS) is 23.9. The number of benzene rings is 3. The molecule has 6 heteroatoms. The van der Waals surface area contributed by atoms with Gasteiger partial charge in [0, 0.05) is 22.3 Å². The number of carboxylic acids is 1. The first-order valence-electron chi connectivity index (χ1n) is 12.5. The monoisotopic (exact) mass is 483 g/mol. The summed E-state index contributed by atoms with van der Waals surface area (Å²) in [6.45, 7) is 2.70. The molecule has 2 N–H and O–H groups in total. The van der Waals surface area contributed by atoms with E-state index in [1.54, 1.807) is 0 Å². The molecule has 1 unspecified atom stereocenters. The Hall–Kier alpha value is -3.80. The molecule has 0 radical (unpaired) electrons. The number of hydrogen-bond donors (Lipinski definition) is 2. The van der Waals surface area contributed by atoms with E-state index < -0.39 is 23.5 Å². The topological polar surface area (TPSA) is 84.9 Å². The number of carboxylic acid groups (broad SMARTS) is 1. The lowest BCUT2D eigenvalue weighted by Crippen LogP contribution is -2.73. The molecule has 184 valence electrons. The van der Waals surface area contributed by atoms with Gasteiger partial charge in [0.25, 0.3) is 0 Å². The standard InChI is InChI=1S/C30H29NO5/c1-2-35-25-14-8-7-13-24(25)29-16-30(17-29,18-29)26(27(32)33)31-28(34)36-15-23-21-11-5-3-9-19(21)20-10-4-6-12-22(20)23/h3-14,23,26H,2,15-18H2,1H3,(H,31,34)(H,32,33). The van der Waals surface area contributed by atoms with Crippen LogP contribution in [-0.2, 0) is 14.9 Å². The summed E-state index contributed by atoms with van der Waals surface area (Å²) < 4.78 is 11.4. The van der Waals surface area contributed by atoms with Gasteiger partial charge in [0.15, 0.2) is 0 Å². The second-order valence-electron chi connectivity index (χ2n) is 10.3. The molecule has 36 heavy (non-hydrogen) atoms. The van der Waals surface area contributed by atoms with Gasteiger partial charge in [-0.25, -0.2) is 9.59 Å². The van der Waals surface area contributed by atoms with E-state index in [1.807, 2.05) is 49.4 Å². The molecule has 3 saturated carbocycles. The number of amides is 1. The predicted molar refractivity (Wildman–Crippen MR) is 135 cm³/mol. The van der Waals surface area contributed by atoms with Gasteiger partial charge in [-0.15, -0.1) is 0 Å². The average molecular weight is 484 g/mol. The summed E-state index contributed by atoms with van der Waals surface area (Å²) in [4.78, 5) is 25.0. The van der Waals surface area contributed by atoms with Gasteiger partial charge >= 0.3 is 12.1 Å². The number of para-hydroxylation sites is 1. The van der Waals surface area contributed by atoms with E-state index in [2.05, 4.69) is 35.6 Å². The van der Waals surface area contributed by atoms with Gasteiger partial charge in [0.1, 0.15) is 18.4 Å². The zero-order valence-electron chi connectivity index (χ0n) is 20.2. The SMILES string of the molecule is CCOc1ccccc1C12CC(C(NC(=O)OCC3c4ccccc4-c4ccccc43)C(=O)O)(C1)C2. The van der Waals surface area contributed by atoms with E-state index in [0.29, 0.717) is 25.9 Å². The maximum atomic E-state index is 12.8. The highest BCUT2D eigenvalue weighted by atomic mass is 16.5. The fourth-order valence-corrected chi connectivity index (χ4v) is 6.88.